The molecule has 0 aliphatic carbocycles. The number of nitrogens with two attached hydrogens (primary N) is 1. The number of carboxylic acids is 1. The van der Waals surface area contributed by atoms with Crippen molar-refractivity contribution in [2.75, 3.05) is 39.8 Å². The molecule has 0 radical (unpaired) electrons. The number of aldehydes is 2. The zero-order valence-electron chi connectivity index (χ0n) is 76.4. The zero-order chi connectivity index (χ0) is 100. The van der Waals surface area contributed by atoms with E-state index in [1.54, 1.807) is 26.0 Å². The molecule has 15 unspecified atom stereocenters. The van der Waals surface area contributed by atoms with Gasteiger partial charge in [-0.25, -0.2) is 9.59 Å². The van der Waals surface area contributed by atoms with Crippen molar-refractivity contribution in [3.8, 4) is 62.9 Å². The summed E-state index contributed by atoms with van der Waals surface area (Å²) in [5.74, 6) is -18.1. The topological polar surface area (TPSA) is 639 Å². The molecule has 0 spiro atoms. The lowest BCUT2D eigenvalue weighted by molar-refractivity contribution is -0.337. The van der Waals surface area contributed by atoms with Gasteiger partial charge < -0.3 is 157 Å². The molecule has 13 rings (SSSR count). The van der Waals surface area contributed by atoms with Gasteiger partial charge in [0.15, 0.2) is 29.9 Å². The van der Waals surface area contributed by atoms with Crippen LogP contribution in [0.5, 0.6) is 51.7 Å². The molecule has 8 amide bonds. The number of rotatable bonds is 37. The Hall–Kier alpha value is -12.0. The number of carbonyl (C=O) groups excluding carboxylic acids is 11. The number of phenols is 3. The third-order valence-electron chi connectivity index (χ3n) is 24.4. The van der Waals surface area contributed by atoms with Crippen molar-refractivity contribution in [3.63, 3.8) is 0 Å². The van der Waals surface area contributed by atoms with E-state index in [-0.39, 0.29) is 73.5 Å². The molecule has 0 saturated carbocycles. The minimum Gasteiger partial charge on any atom is -0.507 e. The molecule has 6 aromatic carbocycles. The highest BCUT2D eigenvalue weighted by Crippen LogP contribution is 2.51. The molecular formula is C94H117Cl2N11O31. The van der Waals surface area contributed by atoms with Crippen molar-refractivity contribution in [1.29, 1.82) is 0 Å². The number of halogens is 2. The lowest BCUT2D eigenvalue weighted by Gasteiger charge is -2.51. The molecule has 7 aliphatic rings. The Morgan fingerprint density at radius 1 is 0.710 bits per heavy atom. The van der Waals surface area contributed by atoms with Crippen molar-refractivity contribution in [3.05, 3.63) is 146 Å². The lowest BCUT2D eigenvalue weighted by Crippen LogP contribution is -2.67. The van der Waals surface area contributed by atoms with Crippen molar-refractivity contribution >= 4 is 95.2 Å². The minimum atomic E-state index is -2.47. The summed E-state index contributed by atoms with van der Waals surface area (Å²) < 4.78 is 51.6. The fourth-order valence-corrected chi connectivity index (χ4v) is 17.4. The average molecular weight is 1970 g/mol. The number of primary amides is 1. The first-order chi connectivity index (χ1) is 65.8. The first-order valence-corrected chi connectivity index (χ1v) is 46.0. The maximum Gasteiger partial charge on any atom is 0.410 e. The van der Waals surface area contributed by atoms with E-state index in [0.717, 1.165) is 118 Å². The molecule has 42 nitrogen and oxygen atoms in total. The van der Waals surface area contributed by atoms with E-state index in [9.17, 15) is 84.9 Å². The number of carboxylic acid groups (broad SMARTS) is 1. The number of aromatic hydroxyl groups is 3. The van der Waals surface area contributed by atoms with Crippen LogP contribution in [-0.2, 0) is 84.8 Å². The molecule has 44 heteroatoms. The molecule has 7 heterocycles. The number of phenolic OH excluding ortho intramolecular Hbond substituents is 3. The maximum atomic E-state index is 16.5. The number of esters is 1. The van der Waals surface area contributed by atoms with E-state index in [1.165, 1.54) is 44.0 Å². The summed E-state index contributed by atoms with van der Waals surface area (Å²) in [7, 11) is 1.45. The van der Waals surface area contributed by atoms with Crippen molar-refractivity contribution in [2.24, 2.45) is 11.7 Å². The normalized spacial score (nSPS) is 24.8. The number of hydrogen-bond acceptors (Lipinski definition) is 33. The van der Waals surface area contributed by atoms with E-state index < -0.39 is 297 Å². The molecule has 7 aliphatic heterocycles. The summed E-state index contributed by atoms with van der Waals surface area (Å²) >= 11 is 14.5. The number of carbonyl (C=O) groups is 12. The summed E-state index contributed by atoms with van der Waals surface area (Å²) in [6.07, 6.45) is -15.3. The van der Waals surface area contributed by atoms with E-state index in [1.807, 2.05) is 0 Å². The van der Waals surface area contributed by atoms with E-state index in [4.69, 9.17) is 66.8 Å². The molecule has 0 aromatic heterocycles. The number of aliphatic hydroxyl groups excluding tert-OH is 7. The zero-order valence-corrected chi connectivity index (χ0v) is 77.9. The van der Waals surface area contributed by atoms with Gasteiger partial charge in [0.25, 0.3) is 0 Å². The summed E-state index contributed by atoms with van der Waals surface area (Å²) in [6, 6.07) is 3.51. The van der Waals surface area contributed by atoms with Crippen LogP contribution in [0.3, 0.4) is 0 Å². The van der Waals surface area contributed by atoms with Gasteiger partial charge >= 0.3 is 18.0 Å². The van der Waals surface area contributed by atoms with Crippen molar-refractivity contribution in [1.82, 2.24) is 52.8 Å². The average Bonchev–Trinajstić information content (AvgIpc) is 0.779. The maximum absolute atomic E-state index is 16.5. The molecule has 6 aromatic rings. The van der Waals surface area contributed by atoms with Gasteiger partial charge in [0.05, 0.1) is 52.9 Å². The van der Waals surface area contributed by atoms with E-state index in [2.05, 4.69) is 54.8 Å². The summed E-state index contributed by atoms with van der Waals surface area (Å²) in [6.45, 7) is 6.63. The van der Waals surface area contributed by atoms with Gasteiger partial charge in [-0.1, -0.05) is 125 Å². The van der Waals surface area contributed by atoms with Crippen LogP contribution in [0.1, 0.15) is 187 Å². The number of aliphatic hydroxyl groups is 7. The predicted molar refractivity (Wildman–Crippen MR) is 489 cm³/mol. The van der Waals surface area contributed by atoms with Gasteiger partial charge in [-0.3, -0.25) is 43.3 Å². The highest BCUT2D eigenvalue weighted by molar-refractivity contribution is 6.32. The van der Waals surface area contributed by atoms with Crippen LogP contribution in [0, 0.1) is 5.92 Å². The van der Waals surface area contributed by atoms with Crippen LogP contribution in [0.25, 0.3) is 11.1 Å². The van der Waals surface area contributed by atoms with Crippen LogP contribution in [0.2, 0.25) is 10.0 Å². The first-order valence-electron chi connectivity index (χ1n) is 45.2. The second-order valence-corrected chi connectivity index (χ2v) is 35.7. The van der Waals surface area contributed by atoms with Crippen LogP contribution >= 0.6 is 23.2 Å². The number of aliphatic carboxylic acids is 1. The van der Waals surface area contributed by atoms with Gasteiger partial charge in [0, 0.05) is 54.7 Å². The molecule has 2 saturated heterocycles. The molecule has 2 fully saturated rings. The number of hydrogen-bond donors (Lipinski definition) is 21. The van der Waals surface area contributed by atoms with Gasteiger partial charge in [0.1, 0.15) is 127 Å². The fraction of sp³-hybridized carbons (Fsp3) is 0.489. The largest absolute Gasteiger partial charge is 0.507 e. The molecule has 22 N–H and O–H groups in total. The number of para-hydroxylation sites is 1. The Labute approximate surface area is 802 Å². The molecule has 748 valence electrons. The number of fused-ring (bicyclic) bond motifs is 15. The molecule has 11 bridgehead atoms. The highest BCUT2D eigenvalue weighted by Gasteiger charge is 2.55. The monoisotopic (exact) mass is 1970 g/mol. The van der Waals surface area contributed by atoms with Gasteiger partial charge in [0.2, 0.25) is 53.4 Å². The predicted octanol–water partition coefficient (Wildman–Crippen LogP) is 4.05. The van der Waals surface area contributed by atoms with Crippen molar-refractivity contribution in [2.45, 2.75) is 247 Å². The van der Waals surface area contributed by atoms with Gasteiger partial charge in [-0.2, -0.15) is 0 Å². The number of amides is 8. The molecule has 138 heavy (non-hydrogen) atoms. The number of unbranched alkanes of at least 4 members (excludes halogenated alkanes) is 7. The summed E-state index contributed by atoms with van der Waals surface area (Å²) in [5.41, 5.74) is 0.393. The highest BCUT2D eigenvalue weighted by atomic mass is 35.5. The second kappa shape index (κ2) is 48.5. The number of ether oxygens (including phenoxy) is 8. The van der Waals surface area contributed by atoms with Crippen LogP contribution in [0.15, 0.2) is 97.1 Å². The number of nitrogens with zero attached hydrogens (tertiary/aromatic N) is 1. The number of likely N-dealkylation sites (N-methyl/N-ethyl adjacent to an activating group) is 1. The Kier molecular flexibility index (Phi) is 37.5. The molecule has 19 atom stereocenters. The third kappa shape index (κ3) is 25.9. The quantitative estimate of drug-likeness (QED) is 0.0113. The smallest absolute Gasteiger partial charge is 0.410 e. The van der Waals surface area contributed by atoms with E-state index in [0.29, 0.717) is 12.8 Å². The van der Waals surface area contributed by atoms with Crippen LogP contribution in [-0.4, -0.2) is 258 Å². The minimum absolute atomic E-state index is 0.0293. The number of nitrogens with one attached hydrogen (secondary N) is 9. The van der Waals surface area contributed by atoms with Gasteiger partial charge in [-0.05, 0) is 136 Å². The first kappa shape index (κ1) is 106. The summed E-state index contributed by atoms with van der Waals surface area (Å²) in [5, 5.41) is 153. The van der Waals surface area contributed by atoms with Crippen LogP contribution in [0.4, 0.5) is 4.79 Å². The van der Waals surface area contributed by atoms with Gasteiger partial charge in [-0.15, -0.1) is 0 Å². The second-order valence-electron chi connectivity index (χ2n) is 34.9. The Bertz CT molecular complexity index is 5410. The summed E-state index contributed by atoms with van der Waals surface area (Å²) in [4.78, 5) is 172. The van der Waals surface area contributed by atoms with Crippen molar-refractivity contribution < 1.29 is 152 Å². The molecular weight excluding hydrogens is 1850 g/mol. The Balaban J connectivity index is 1.09. The SMILES string of the molecule is CCCCCCCCCCNCCN(C(=O)OCc1ccccc1OC(=O)CCC(O)C=O)[C@]1(C)CC(OC2C(Oc3c4cc5cc3Oc3ccc(cc3Cl)[C@H](O)C(NC(=O)C(CC(C)C)NC)C(=O)NC(CC(N)=O)C(=O)NC5C(=O)NC3C(=O)NC(C(=O)N[C@@H](C(=O)O)c5cc(O)c(CNCC=O)c(O)c5-c5cc3ccc5O)[C@H](O)c3ccc(c(Cl)c3)O4)OC(CO)C(O)C2O)OC(C)C1O. The Morgan fingerprint density at radius 3 is 1.98 bits per heavy atom. The Morgan fingerprint density at radius 2 is 1.35 bits per heavy atom. The van der Waals surface area contributed by atoms with Crippen LogP contribution < -0.4 is 72.5 Å². The lowest BCUT2D eigenvalue weighted by atomic mass is 9.83. The fourth-order valence-electron chi connectivity index (χ4n) is 16.9. The third-order valence-corrected chi connectivity index (χ3v) is 25.0. The standard InChI is InChI=1S/C94H117Cl2N11O31/c1-7-8-9-10-11-12-13-16-27-99-28-30-107(93(130)131-44-50-17-14-15-18-62(50)135-69(115)26-22-52(111)42-109)94(5)40-70(132-46(4)84(94)121)137-83-81(120)80(119)67(43-110)136-92(83)138-82-65-36-51-37-66(82)134-64-25-21-49(35-57(64)96)78(117)76-90(127)104-74(91(128)129)54-38-61(113)55(41-100-29-31-108)79(118)71(54)53-33-47(19-23-60(53)112)72(87(124)106-76)103-88(125)73(51)102-86(123)59(39-68(97)114)101-89(126)75(105-85(122)58(98-6)32-45(2)3)77(116)48-20-24-63(133-65)56(95)34-48/h14-15,17-21,23-25,31,33-38,42,45-46,52,58-59,67,70,72-78,80-81,83-84,92,98-100,110-113,116-121H,7-13,16,22,26-30,32,39-41,43-44H2,1-6H3,(H2,97,114)(H,101,126)(H,102,123)(H,103,125)(H,104,127)(H,105,122)(H,106,124)(H,128,129)/t46?,52?,58?,59?,67?,70?,72?,73?,74-,75?,76?,77+,78-,80?,81?,83?,84?,92?,94-/m1/s1. The number of benzene rings is 6. The van der Waals surface area contributed by atoms with E-state index >= 15 is 28.8 Å².